The fourth-order valence-electron chi connectivity index (χ4n) is 2.51. The molecule has 0 radical (unpaired) electrons. The highest BCUT2D eigenvalue weighted by Crippen LogP contribution is 2.37. The van der Waals surface area contributed by atoms with E-state index in [4.69, 9.17) is 11.6 Å². The molecule has 0 atom stereocenters. The number of aromatic nitrogens is 2. The fraction of sp³-hybridized carbons (Fsp3) is 0.692. The lowest BCUT2D eigenvalue weighted by Crippen LogP contribution is -2.34. The maximum Gasteiger partial charge on any atom is 0.147 e. The predicted octanol–water partition coefficient (Wildman–Crippen LogP) is 3.39. The van der Waals surface area contributed by atoms with Crippen molar-refractivity contribution in [1.82, 2.24) is 9.97 Å². The molecule has 94 valence electrons. The van der Waals surface area contributed by atoms with Gasteiger partial charge in [0.05, 0.1) is 5.69 Å². The zero-order chi connectivity index (χ0) is 12.1. The van der Waals surface area contributed by atoms with E-state index in [1.165, 1.54) is 32.1 Å². The van der Waals surface area contributed by atoms with Crippen LogP contribution in [0, 0.1) is 12.3 Å². The number of nitrogens with one attached hydrogen (secondary N) is 1. The second-order valence-corrected chi connectivity index (χ2v) is 5.31. The average molecular weight is 254 g/mol. The van der Waals surface area contributed by atoms with Gasteiger partial charge in [-0.1, -0.05) is 19.3 Å². The van der Waals surface area contributed by atoms with Crippen molar-refractivity contribution < 1.29 is 0 Å². The van der Waals surface area contributed by atoms with Crippen LogP contribution in [0.2, 0.25) is 0 Å². The molecule has 4 heteroatoms. The fourth-order valence-corrected chi connectivity index (χ4v) is 2.87. The van der Waals surface area contributed by atoms with Crippen LogP contribution in [0.25, 0.3) is 0 Å². The van der Waals surface area contributed by atoms with E-state index < -0.39 is 0 Å². The number of nitrogens with zero attached hydrogens (tertiary/aromatic N) is 2. The summed E-state index contributed by atoms with van der Waals surface area (Å²) >= 11 is 6.17. The molecule has 2 rings (SSSR count). The van der Waals surface area contributed by atoms with Crippen molar-refractivity contribution in [2.24, 2.45) is 5.41 Å². The zero-order valence-electron chi connectivity index (χ0n) is 10.4. The maximum absolute atomic E-state index is 6.17. The number of hydrogen-bond donors (Lipinski definition) is 1. The van der Waals surface area contributed by atoms with Crippen LogP contribution in [0.3, 0.4) is 0 Å². The Labute approximate surface area is 108 Å². The van der Waals surface area contributed by atoms with Gasteiger partial charge in [0.2, 0.25) is 0 Å². The Morgan fingerprint density at radius 1 is 1.24 bits per heavy atom. The molecule has 1 N–H and O–H groups in total. The molecule has 3 nitrogen and oxygen atoms in total. The van der Waals surface area contributed by atoms with E-state index in [1.807, 2.05) is 6.92 Å². The molecule has 0 saturated heterocycles. The summed E-state index contributed by atoms with van der Waals surface area (Å²) in [6.07, 6.45) is 9.85. The number of rotatable bonds is 4. The van der Waals surface area contributed by atoms with Gasteiger partial charge in [-0.15, -0.1) is 11.6 Å². The Balaban J connectivity index is 1.98. The molecule has 1 fully saturated rings. The summed E-state index contributed by atoms with van der Waals surface area (Å²) in [6.45, 7) is 2.89. The second kappa shape index (κ2) is 5.67. The van der Waals surface area contributed by atoms with Crippen molar-refractivity contribution in [2.45, 2.75) is 39.0 Å². The van der Waals surface area contributed by atoms with E-state index in [1.54, 1.807) is 12.4 Å². The van der Waals surface area contributed by atoms with Crippen molar-refractivity contribution >= 4 is 17.4 Å². The van der Waals surface area contributed by atoms with Gasteiger partial charge in [0, 0.05) is 30.2 Å². The molecule has 17 heavy (non-hydrogen) atoms. The summed E-state index contributed by atoms with van der Waals surface area (Å²) in [4.78, 5) is 8.54. The minimum absolute atomic E-state index is 0.254. The van der Waals surface area contributed by atoms with Crippen LogP contribution in [0.5, 0.6) is 0 Å². The quantitative estimate of drug-likeness (QED) is 0.836. The largest absolute Gasteiger partial charge is 0.368 e. The molecule has 0 bridgehead atoms. The topological polar surface area (TPSA) is 37.8 Å². The van der Waals surface area contributed by atoms with Crippen LogP contribution in [-0.4, -0.2) is 22.4 Å². The number of aryl methyl sites for hydroxylation is 1. The molecule has 1 aromatic heterocycles. The lowest BCUT2D eigenvalue weighted by molar-refractivity contribution is 0.238. The van der Waals surface area contributed by atoms with E-state index in [-0.39, 0.29) is 5.41 Å². The van der Waals surface area contributed by atoms with Crippen LogP contribution < -0.4 is 5.32 Å². The van der Waals surface area contributed by atoms with Gasteiger partial charge in [-0.3, -0.25) is 4.98 Å². The maximum atomic E-state index is 6.17. The molecule has 1 aromatic rings. The summed E-state index contributed by atoms with van der Waals surface area (Å²) in [5, 5.41) is 3.42. The smallest absolute Gasteiger partial charge is 0.147 e. The van der Waals surface area contributed by atoms with Gasteiger partial charge in [0.1, 0.15) is 5.82 Å². The highest BCUT2D eigenvalue weighted by atomic mass is 35.5. The Kier molecular flexibility index (Phi) is 4.21. The minimum atomic E-state index is 0.254. The van der Waals surface area contributed by atoms with Gasteiger partial charge in [-0.25, -0.2) is 4.98 Å². The van der Waals surface area contributed by atoms with Crippen LogP contribution in [0.4, 0.5) is 5.82 Å². The first-order chi connectivity index (χ1) is 8.26. The molecule has 0 aromatic carbocycles. The predicted molar refractivity (Wildman–Crippen MR) is 71.5 cm³/mol. The average Bonchev–Trinajstić information content (AvgIpc) is 2.39. The number of hydrogen-bond acceptors (Lipinski definition) is 3. The summed E-state index contributed by atoms with van der Waals surface area (Å²) in [6, 6.07) is 0. The van der Waals surface area contributed by atoms with Gasteiger partial charge in [-0.05, 0) is 19.8 Å². The van der Waals surface area contributed by atoms with E-state index in [9.17, 15) is 0 Å². The SMILES string of the molecule is Cc1nccnc1NCC1(CCl)CCCCC1. The third-order valence-corrected chi connectivity index (χ3v) is 4.28. The van der Waals surface area contributed by atoms with Crippen LogP contribution in [-0.2, 0) is 0 Å². The van der Waals surface area contributed by atoms with Crippen LogP contribution >= 0.6 is 11.6 Å². The first kappa shape index (κ1) is 12.6. The van der Waals surface area contributed by atoms with Crippen LogP contribution in [0.15, 0.2) is 12.4 Å². The molecule has 0 aliphatic heterocycles. The van der Waals surface area contributed by atoms with Gasteiger partial charge in [0.15, 0.2) is 0 Å². The molecule has 1 heterocycles. The van der Waals surface area contributed by atoms with Crippen LogP contribution in [0.1, 0.15) is 37.8 Å². The number of halogens is 1. The Morgan fingerprint density at radius 3 is 2.59 bits per heavy atom. The Morgan fingerprint density at radius 2 is 1.94 bits per heavy atom. The summed E-state index contributed by atoms with van der Waals surface area (Å²) in [7, 11) is 0. The third-order valence-electron chi connectivity index (χ3n) is 3.71. The van der Waals surface area contributed by atoms with E-state index >= 15 is 0 Å². The zero-order valence-corrected chi connectivity index (χ0v) is 11.1. The lowest BCUT2D eigenvalue weighted by Gasteiger charge is -2.35. The summed E-state index contributed by atoms with van der Waals surface area (Å²) in [5.41, 5.74) is 1.21. The standard InChI is InChI=1S/C13H20ClN3/c1-11-12(16-8-7-15-11)17-10-13(9-14)5-3-2-4-6-13/h7-8H,2-6,9-10H2,1H3,(H,16,17). The van der Waals surface area contributed by atoms with E-state index in [0.29, 0.717) is 0 Å². The molecular weight excluding hydrogens is 234 g/mol. The molecular formula is C13H20ClN3. The molecule has 0 unspecified atom stereocenters. The lowest BCUT2D eigenvalue weighted by atomic mass is 9.75. The molecule has 1 aliphatic rings. The Bertz CT molecular complexity index is 361. The molecule has 0 spiro atoms. The highest BCUT2D eigenvalue weighted by molar-refractivity contribution is 6.18. The van der Waals surface area contributed by atoms with Gasteiger partial charge in [-0.2, -0.15) is 0 Å². The Hall–Kier alpha value is -0.830. The van der Waals surface area contributed by atoms with Gasteiger partial charge < -0.3 is 5.32 Å². The third kappa shape index (κ3) is 3.09. The normalized spacial score (nSPS) is 18.9. The van der Waals surface area contributed by atoms with Gasteiger partial charge >= 0.3 is 0 Å². The second-order valence-electron chi connectivity index (χ2n) is 5.04. The van der Waals surface area contributed by atoms with E-state index in [0.717, 1.165) is 23.9 Å². The molecule has 0 amide bonds. The molecule has 1 saturated carbocycles. The highest BCUT2D eigenvalue weighted by Gasteiger charge is 2.31. The molecule has 1 aliphatic carbocycles. The minimum Gasteiger partial charge on any atom is -0.368 e. The van der Waals surface area contributed by atoms with Gasteiger partial charge in [0.25, 0.3) is 0 Å². The summed E-state index contributed by atoms with van der Waals surface area (Å²) < 4.78 is 0. The van der Waals surface area contributed by atoms with Crippen molar-refractivity contribution in [2.75, 3.05) is 17.7 Å². The van der Waals surface area contributed by atoms with Crippen molar-refractivity contribution in [3.8, 4) is 0 Å². The van der Waals surface area contributed by atoms with Crippen molar-refractivity contribution in [3.63, 3.8) is 0 Å². The number of anilines is 1. The van der Waals surface area contributed by atoms with Crippen molar-refractivity contribution in [3.05, 3.63) is 18.1 Å². The van der Waals surface area contributed by atoms with E-state index in [2.05, 4.69) is 15.3 Å². The summed E-state index contributed by atoms with van der Waals surface area (Å²) in [5.74, 6) is 1.63. The van der Waals surface area contributed by atoms with Crippen molar-refractivity contribution in [1.29, 1.82) is 0 Å². The number of alkyl halides is 1. The first-order valence-corrected chi connectivity index (χ1v) is 6.87. The first-order valence-electron chi connectivity index (χ1n) is 6.33. The monoisotopic (exact) mass is 253 g/mol.